The average Bonchev–Trinajstić information content (AvgIpc) is 3.02. The van der Waals surface area contributed by atoms with E-state index in [1.165, 1.54) is 0 Å². The molecular formula is C22H33N5O4. The van der Waals surface area contributed by atoms with Gasteiger partial charge < -0.3 is 30.3 Å². The van der Waals surface area contributed by atoms with Crippen LogP contribution < -0.4 is 15.4 Å². The molecule has 31 heavy (non-hydrogen) atoms. The molecule has 3 N–H and O–H groups in total. The maximum absolute atomic E-state index is 12.6. The number of hydrogen-bond acceptors (Lipinski definition) is 7. The second kappa shape index (κ2) is 11.2. The summed E-state index contributed by atoms with van der Waals surface area (Å²) < 4.78 is 5.12. The number of rotatable bonds is 10. The number of nitrogens with zero attached hydrogens (tertiary/aromatic N) is 3. The Morgan fingerprint density at radius 2 is 1.90 bits per heavy atom. The molecule has 0 aliphatic carbocycles. The van der Waals surface area contributed by atoms with Gasteiger partial charge in [-0.05, 0) is 50.3 Å². The van der Waals surface area contributed by atoms with E-state index in [2.05, 4.69) is 27.5 Å². The molecule has 0 bridgehead atoms. The number of amides is 3. The lowest BCUT2D eigenvalue weighted by Crippen LogP contribution is -2.45. The van der Waals surface area contributed by atoms with E-state index in [0.717, 1.165) is 56.2 Å². The highest BCUT2D eigenvalue weighted by Crippen LogP contribution is 2.17. The van der Waals surface area contributed by atoms with Crippen molar-refractivity contribution in [2.24, 2.45) is 0 Å². The van der Waals surface area contributed by atoms with Gasteiger partial charge in [-0.3, -0.25) is 9.69 Å². The Labute approximate surface area is 183 Å². The van der Waals surface area contributed by atoms with Crippen LogP contribution in [0.1, 0.15) is 12.0 Å². The van der Waals surface area contributed by atoms with Crippen LogP contribution in [0.15, 0.2) is 30.0 Å². The first-order valence-electron chi connectivity index (χ1n) is 10.7. The molecule has 170 valence electrons. The summed E-state index contributed by atoms with van der Waals surface area (Å²) >= 11 is 0. The lowest BCUT2D eigenvalue weighted by Gasteiger charge is -2.32. The van der Waals surface area contributed by atoms with Crippen LogP contribution in [0.5, 0.6) is 5.75 Å². The van der Waals surface area contributed by atoms with Gasteiger partial charge in [0.25, 0.3) is 5.91 Å². The van der Waals surface area contributed by atoms with Gasteiger partial charge in [0.05, 0.1) is 19.8 Å². The minimum absolute atomic E-state index is 0.0456. The summed E-state index contributed by atoms with van der Waals surface area (Å²) in [7, 11) is 3.73. The fraction of sp³-hybridized carbons (Fsp3) is 0.545. The van der Waals surface area contributed by atoms with E-state index in [1.807, 2.05) is 0 Å². The number of nitrogens with one attached hydrogen (secondary N) is 2. The summed E-state index contributed by atoms with van der Waals surface area (Å²) in [5, 5.41) is 16.1. The van der Waals surface area contributed by atoms with E-state index in [9.17, 15) is 14.7 Å². The zero-order valence-corrected chi connectivity index (χ0v) is 18.3. The number of urea groups is 1. The molecule has 9 heteroatoms. The van der Waals surface area contributed by atoms with Gasteiger partial charge in [0.2, 0.25) is 0 Å². The van der Waals surface area contributed by atoms with E-state index in [0.29, 0.717) is 12.3 Å². The molecule has 1 atom stereocenters. The van der Waals surface area contributed by atoms with Gasteiger partial charge in [-0.1, -0.05) is 12.1 Å². The van der Waals surface area contributed by atoms with Crippen LogP contribution in [-0.2, 0) is 4.79 Å². The molecule has 2 saturated heterocycles. The van der Waals surface area contributed by atoms with E-state index >= 15 is 0 Å². The lowest BCUT2D eigenvalue weighted by atomic mass is 10.2. The second-order valence-electron chi connectivity index (χ2n) is 8.03. The maximum atomic E-state index is 12.6. The summed E-state index contributed by atoms with van der Waals surface area (Å²) in [6.07, 6.45) is 1.79. The Morgan fingerprint density at radius 1 is 1.19 bits per heavy atom. The first kappa shape index (κ1) is 23.2. The third-order valence-electron chi connectivity index (χ3n) is 5.59. The number of hydrogen-bond donors (Lipinski definition) is 3. The van der Waals surface area contributed by atoms with Crippen LogP contribution >= 0.6 is 0 Å². The molecule has 0 spiro atoms. The van der Waals surface area contributed by atoms with E-state index in [1.54, 1.807) is 37.5 Å². The van der Waals surface area contributed by atoms with Gasteiger partial charge in [-0.25, -0.2) is 4.79 Å². The molecule has 2 aliphatic heterocycles. The quantitative estimate of drug-likeness (QED) is 0.276. The van der Waals surface area contributed by atoms with Gasteiger partial charge in [-0.15, -0.1) is 0 Å². The third-order valence-corrected chi connectivity index (χ3v) is 5.59. The zero-order valence-electron chi connectivity index (χ0n) is 18.3. The topological polar surface area (TPSA) is 97.4 Å². The summed E-state index contributed by atoms with van der Waals surface area (Å²) in [5.41, 5.74) is 0.969. The first-order valence-corrected chi connectivity index (χ1v) is 10.7. The highest BCUT2D eigenvalue weighted by molar-refractivity contribution is 6.14. The van der Waals surface area contributed by atoms with Crippen LogP contribution in [-0.4, -0.2) is 104 Å². The smallest absolute Gasteiger partial charge is 0.329 e. The number of aliphatic hydroxyl groups excluding tert-OH is 1. The van der Waals surface area contributed by atoms with E-state index < -0.39 is 18.0 Å². The number of ether oxygens (including phenoxy) is 1. The number of β-amino-alcohol motifs (C(OH)–C–C–N with tert-alkyl or cyclic N) is 1. The second-order valence-corrected chi connectivity index (χ2v) is 8.03. The van der Waals surface area contributed by atoms with Crippen molar-refractivity contribution in [3.05, 3.63) is 35.5 Å². The number of methoxy groups -OCH3 is 1. The predicted molar refractivity (Wildman–Crippen MR) is 119 cm³/mol. The maximum Gasteiger partial charge on any atom is 0.329 e. The predicted octanol–water partition coefficient (Wildman–Crippen LogP) is 0.176. The molecule has 1 aromatic rings. The van der Waals surface area contributed by atoms with Crippen molar-refractivity contribution < 1.29 is 19.4 Å². The van der Waals surface area contributed by atoms with Gasteiger partial charge in [0.15, 0.2) is 0 Å². The Bertz CT molecular complexity index is 775. The minimum Gasteiger partial charge on any atom is -0.497 e. The highest BCUT2D eigenvalue weighted by atomic mass is 16.5. The number of carbonyl (C=O) groups excluding carboxylic acids is 2. The molecular weight excluding hydrogens is 398 g/mol. The van der Waals surface area contributed by atoms with E-state index in [4.69, 9.17) is 4.74 Å². The normalized spacial score (nSPS) is 20.4. The lowest BCUT2D eigenvalue weighted by molar-refractivity contribution is -0.123. The molecule has 9 nitrogen and oxygen atoms in total. The van der Waals surface area contributed by atoms with Gasteiger partial charge in [0.1, 0.15) is 11.4 Å². The Balaban J connectivity index is 1.39. The molecule has 1 unspecified atom stereocenters. The van der Waals surface area contributed by atoms with Crippen LogP contribution in [0.3, 0.4) is 0 Å². The molecule has 3 rings (SSSR count). The number of aliphatic hydroxyl groups is 1. The third kappa shape index (κ3) is 6.76. The number of benzene rings is 1. The van der Waals surface area contributed by atoms with Crippen LogP contribution in [0.2, 0.25) is 0 Å². The average molecular weight is 432 g/mol. The molecule has 3 amide bonds. The van der Waals surface area contributed by atoms with Gasteiger partial charge in [-0.2, -0.15) is 0 Å². The summed E-state index contributed by atoms with van der Waals surface area (Å²) in [6.45, 7) is 6.50. The molecule has 2 heterocycles. The van der Waals surface area contributed by atoms with Crippen molar-refractivity contribution >= 4 is 18.0 Å². The van der Waals surface area contributed by atoms with Gasteiger partial charge in [0, 0.05) is 32.7 Å². The first-order chi connectivity index (χ1) is 15.0. The fourth-order valence-electron chi connectivity index (χ4n) is 3.65. The van der Waals surface area contributed by atoms with Gasteiger partial charge >= 0.3 is 6.03 Å². The molecule has 2 aliphatic rings. The molecule has 0 radical (unpaired) electrons. The van der Waals surface area contributed by atoms with Crippen LogP contribution in [0, 0.1) is 0 Å². The number of piperazine rings is 1. The molecule has 1 aromatic carbocycles. The molecule has 0 aromatic heterocycles. The monoisotopic (exact) mass is 431 g/mol. The zero-order chi connectivity index (χ0) is 22.2. The Morgan fingerprint density at radius 3 is 2.58 bits per heavy atom. The Hall–Kier alpha value is -2.46. The Kier molecular flexibility index (Phi) is 8.42. The van der Waals surface area contributed by atoms with Crippen LogP contribution in [0.4, 0.5) is 4.79 Å². The van der Waals surface area contributed by atoms with Crippen molar-refractivity contribution in [3.8, 4) is 5.75 Å². The largest absolute Gasteiger partial charge is 0.497 e. The van der Waals surface area contributed by atoms with Crippen LogP contribution in [0.25, 0.3) is 6.08 Å². The molecule has 0 saturated carbocycles. The van der Waals surface area contributed by atoms with Crippen molar-refractivity contribution in [1.29, 1.82) is 0 Å². The van der Waals surface area contributed by atoms with Crippen molar-refractivity contribution in [2.45, 2.75) is 12.5 Å². The summed E-state index contributed by atoms with van der Waals surface area (Å²) in [5.74, 6) is 0.277. The van der Waals surface area contributed by atoms with Crippen molar-refractivity contribution in [3.63, 3.8) is 0 Å². The summed E-state index contributed by atoms with van der Waals surface area (Å²) in [4.78, 5) is 30.6. The standard InChI is InChI=1S/C22H33N5O4/c1-25-10-12-26(13-11-25)9-3-8-23-15-18(28)16-27-21(29)20(24-22(27)30)14-17-4-6-19(31-2)7-5-17/h4-7,14,18,23,28H,3,8-13,15-16H2,1-2H3,(H,24,30)/b20-14-. The fourth-order valence-corrected chi connectivity index (χ4v) is 3.65. The number of likely N-dealkylation sites (N-methyl/N-ethyl adjacent to an activating group) is 1. The van der Waals surface area contributed by atoms with Crippen molar-refractivity contribution in [1.82, 2.24) is 25.3 Å². The summed E-state index contributed by atoms with van der Waals surface area (Å²) in [6, 6.07) is 6.65. The van der Waals surface area contributed by atoms with Crippen molar-refractivity contribution in [2.75, 3.05) is 66.5 Å². The minimum atomic E-state index is -0.821. The molecule has 2 fully saturated rings. The number of imide groups is 1. The number of carbonyl (C=O) groups is 2. The SMILES string of the molecule is COc1ccc(/C=C2\NC(=O)N(CC(O)CNCCCN3CCN(C)CC3)C2=O)cc1. The highest BCUT2D eigenvalue weighted by Gasteiger charge is 2.34. The van der Waals surface area contributed by atoms with E-state index in [-0.39, 0.29) is 12.2 Å².